The van der Waals surface area contributed by atoms with Crippen molar-refractivity contribution in [1.82, 2.24) is 4.90 Å². The Labute approximate surface area is 140 Å². The predicted octanol–water partition coefficient (Wildman–Crippen LogP) is 3.73. The van der Waals surface area contributed by atoms with Crippen molar-refractivity contribution in [1.29, 1.82) is 0 Å². The van der Waals surface area contributed by atoms with E-state index in [0.29, 0.717) is 19.4 Å². The molecule has 0 heterocycles. The molecule has 0 radical (unpaired) electrons. The number of unbranched alkanes of at least 4 members (excludes halogenated alkanes) is 1. The maximum absolute atomic E-state index is 12.6. The van der Waals surface area contributed by atoms with Crippen molar-refractivity contribution in [2.75, 3.05) is 18.9 Å². The molecule has 4 nitrogen and oxygen atoms in total. The number of hydrogen-bond donors (Lipinski definition) is 1. The molecule has 1 fully saturated rings. The zero-order valence-electron chi connectivity index (χ0n) is 13.4. The second-order valence-electron chi connectivity index (χ2n) is 6.08. The topological polar surface area (TPSA) is 49.4 Å². The minimum absolute atomic E-state index is 0.0479. The van der Waals surface area contributed by atoms with Crippen molar-refractivity contribution in [3.05, 3.63) is 28.2 Å². The van der Waals surface area contributed by atoms with E-state index in [1.807, 2.05) is 25.1 Å². The van der Waals surface area contributed by atoms with Gasteiger partial charge in [-0.15, -0.1) is 0 Å². The molecule has 0 atom stereocenters. The highest BCUT2D eigenvalue weighted by Crippen LogP contribution is 2.48. The molecular formula is C17H23BrN2O2. The molecule has 0 aromatic heterocycles. The molecule has 1 N–H and O–H groups in total. The van der Waals surface area contributed by atoms with Crippen LogP contribution in [0.5, 0.6) is 0 Å². The van der Waals surface area contributed by atoms with Crippen molar-refractivity contribution in [2.24, 2.45) is 5.41 Å². The summed E-state index contributed by atoms with van der Waals surface area (Å²) in [4.78, 5) is 26.8. The van der Waals surface area contributed by atoms with Crippen molar-refractivity contribution in [2.45, 2.75) is 39.5 Å². The van der Waals surface area contributed by atoms with Crippen LogP contribution in [0.3, 0.4) is 0 Å². The molecule has 1 aliphatic rings. The molecule has 0 bridgehead atoms. The first-order valence-corrected chi connectivity index (χ1v) is 8.53. The summed E-state index contributed by atoms with van der Waals surface area (Å²) < 4.78 is 0.972. The van der Waals surface area contributed by atoms with E-state index in [1.54, 1.807) is 11.9 Å². The summed E-state index contributed by atoms with van der Waals surface area (Å²) in [6, 6.07) is 5.69. The van der Waals surface area contributed by atoms with E-state index in [1.165, 1.54) is 0 Å². The quantitative estimate of drug-likeness (QED) is 0.779. The number of carbonyl (C=O) groups is 2. The van der Waals surface area contributed by atoms with Gasteiger partial charge < -0.3 is 10.2 Å². The van der Waals surface area contributed by atoms with E-state index in [-0.39, 0.29) is 11.8 Å². The first kappa shape index (κ1) is 17.0. The molecular weight excluding hydrogens is 344 g/mol. The van der Waals surface area contributed by atoms with Crippen LogP contribution in [-0.4, -0.2) is 30.3 Å². The van der Waals surface area contributed by atoms with Crippen LogP contribution < -0.4 is 5.32 Å². The molecule has 1 saturated carbocycles. The third-order valence-electron chi connectivity index (χ3n) is 4.22. The van der Waals surface area contributed by atoms with Crippen LogP contribution in [0, 0.1) is 12.3 Å². The third-order valence-corrected chi connectivity index (χ3v) is 4.72. The molecule has 2 amide bonds. The number of nitrogens with one attached hydrogen (secondary N) is 1. The zero-order chi connectivity index (χ0) is 16.3. The van der Waals surface area contributed by atoms with E-state index < -0.39 is 5.41 Å². The molecule has 1 aliphatic carbocycles. The highest BCUT2D eigenvalue weighted by atomic mass is 79.9. The van der Waals surface area contributed by atoms with Crippen LogP contribution in [0.15, 0.2) is 22.7 Å². The maximum atomic E-state index is 12.6. The van der Waals surface area contributed by atoms with Gasteiger partial charge in [-0.2, -0.15) is 0 Å². The molecule has 0 aliphatic heterocycles. The molecule has 5 heteroatoms. The molecule has 1 aromatic rings. The van der Waals surface area contributed by atoms with Gasteiger partial charge in [0.25, 0.3) is 0 Å². The van der Waals surface area contributed by atoms with Crippen LogP contribution in [0.25, 0.3) is 0 Å². The van der Waals surface area contributed by atoms with E-state index in [9.17, 15) is 9.59 Å². The van der Waals surface area contributed by atoms with E-state index in [4.69, 9.17) is 0 Å². The molecule has 0 spiro atoms. The lowest BCUT2D eigenvalue weighted by Gasteiger charge is -2.23. The Kier molecular flexibility index (Phi) is 5.27. The number of hydrogen-bond acceptors (Lipinski definition) is 2. The summed E-state index contributed by atoms with van der Waals surface area (Å²) in [5.74, 6) is -0.223. The number of nitrogens with zero attached hydrogens (tertiary/aromatic N) is 1. The summed E-state index contributed by atoms with van der Waals surface area (Å²) in [7, 11) is 1.79. The first-order chi connectivity index (χ1) is 10.4. The monoisotopic (exact) mass is 366 g/mol. The minimum atomic E-state index is -0.845. The normalized spacial score (nSPS) is 15.3. The number of benzene rings is 1. The van der Waals surface area contributed by atoms with Gasteiger partial charge in [0.1, 0.15) is 5.41 Å². The fourth-order valence-electron chi connectivity index (χ4n) is 2.53. The van der Waals surface area contributed by atoms with Crippen LogP contribution in [0.1, 0.15) is 38.2 Å². The van der Waals surface area contributed by atoms with Crippen molar-refractivity contribution in [3.8, 4) is 0 Å². The average molecular weight is 367 g/mol. The highest BCUT2D eigenvalue weighted by Gasteiger charge is 2.57. The van der Waals surface area contributed by atoms with Crippen molar-refractivity contribution < 1.29 is 9.59 Å². The van der Waals surface area contributed by atoms with E-state index >= 15 is 0 Å². The van der Waals surface area contributed by atoms with Gasteiger partial charge in [-0.1, -0.05) is 29.3 Å². The van der Waals surface area contributed by atoms with Crippen LogP contribution >= 0.6 is 15.9 Å². The lowest BCUT2D eigenvalue weighted by molar-refractivity contribution is -0.141. The molecule has 0 unspecified atom stereocenters. The largest absolute Gasteiger partial charge is 0.345 e. The first-order valence-electron chi connectivity index (χ1n) is 7.74. The standard InChI is InChI=1S/C17H23BrN2O2/c1-4-5-10-20(3)16(22)17(8-9-17)15(21)19-14-7-6-13(18)11-12(14)2/h6-7,11H,4-5,8-10H2,1-3H3,(H,19,21). The van der Waals surface area contributed by atoms with Crippen molar-refractivity contribution >= 4 is 33.4 Å². The van der Waals surface area contributed by atoms with Crippen LogP contribution in [0.4, 0.5) is 5.69 Å². The van der Waals surface area contributed by atoms with Gasteiger partial charge in [0, 0.05) is 23.8 Å². The smallest absolute Gasteiger partial charge is 0.240 e. The maximum Gasteiger partial charge on any atom is 0.240 e. The van der Waals surface area contributed by atoms with Gasteiger partial charge in [0.15, 0.2) is 0 Å². The van der Waals surface area contributed by atoms with Crippen LogP contribution in [-0.2, 0) is 9.59 Å². The average Bonchev–Trinajstić information content (AvgIpc) is 3.28. The van der Waals surface area contributed by atoms with Gasteiger partial charge in [0.05, 0.1) is 0 Å². The fraction of sp³-hybridized carbons (Fsp3) is 0.529. The van der Waals surface area contributed by atoms with Gasteiger partial charge in [-0.3, -0.25) is 9.59 Å². The number of anilines is 1. The molecule has 22 heavy (non-hydrogen) atoms. The molecule has 2 rings (SSSR count). The lowest BCUT2D eigenvalue weighted by Crippen LogP contribution is -2.41. The third kappa shape index (κ3) is 3.51. The minimum Gasteiger partial charge on any atom is -0.345 e. The zero-order valence-corrected chi connectivity index (χ0v) is 15.0. The number of amides is 2. The Morgan fingerprint density at radius 3 is 2.59 bits per heavy atom. The number of carbonyl (C=O) groups excluding carboxylic acids is 2. The summed E-state index contributed by atoms with van der Waals surface area (Å²) in [6.07, 6.45) is 3.29. The SMILES string of the molecule is CCCCN(C)C(=O)C1(C(=O)Nc2ccc(Br)cc2C)CC1. The van der Waals surface area contributed by atoms with Crippen molar-refractivity contribution in [3.63, 3.8) is 0 Å². The summed E-state index contributed by atoms with van der Waals surface area (Å²) in [5, 5.41) is 2.92. The Balaban J connectivity index is 2.06. The van der Waals surface area contributed by atoms with Gasteiger partial charge in [0.2, 0.25) is 11.8 Å². The van der Waals surface area contributed by atoms with E-state index in [0.717, 1.165) is 28.6 Å². The Hall–Kier alpha value is -1.36. The van der Waals surface area contributed by atoms with Crippen LogP contribution in [0.2, 0.25) is 0 Å². The summed E-state index contributed by atoms with van der Waals surface area (Å²) in [6.45, 7) is 4.74. The summed E-state index contributed by atoms with van der Waals surface area (Å²) >= 11 is 3.41. The second kappa shape index (κ2) is 6.82. The highest BCUT2D eigenvalue weighted by molar-refractivity contribution is 9.10. The fourth-order valence-corrected chi connectivity index (χ4v) is 3.01. The van der Waals surface area contributed by atoms with Gasteiger partial charge in [-0.25, -0.2) is 0 Å². The van der Waals surface area contributed by atoms with E-state index in [2.05, 4.69) is 28.2 Å². The number of rotatable bonds is 6. The van der Waals surface area contributed by atoms with Gasteiger partial charge >= 0.3 is 0 Å². The molecule has 0 saturated heterocycles. The Bertz CT molecular complexity index is 582. The number of aryl methyl sites for hydroxylation is 1. The second-order valence-corrected chi connectivity index (χ2v) is 6.99. The Morgan fingerprint density at radius 1 is 1.36 bits per heavy atom. The molecule has 1 aromatic carbocycles. The lowest BCUT2D eigenvalue weighted by atomic mass is 10.0. The molecule has 120 valence electrons. The predicted molar refractivity (Wildman–Crippen MR) is 91.7 cm³/mol. The van der Waals surface area contributed by atoms with Gasteiger partial charge in [-0.05, 0) is 49.9 Å². The number of halogens is 1. The Morgan fingerprint density at radius 2 is 2.05 bits per heavy atom. The summed E-state index contributed by atoms with van der Waals surface area (Å²) in [5.41, 5.74) is 0.899.